The molecule has 0 radical (unpaired) electrons. The number of nitrogens with zero attached hydrogens (tertiary/aromatic N) is 4. The molecule has 154 valence electrons. The number of hydrogen-bond donors (Lipinski definition) is 0. The van der Waals surface area contributed by atoms with Gasteiger partial charge in [0.1, 0.15) is 5.82 Å². The molecule has 7 nitrogen and oxygen atoms in total. The zero-order valence-corrected chi connectivity index (χ0v) is 15.7. The van der Waals surface area contributed by atoms with Gasteiger partial charge in [-0.15, -0.1) is 5.10 Å². The molecule has 1 aromatic heterocycles. The second kappa shape index (κ2) is 7.32. The average molecular weight is 422 g/mol. The van der Waals surface area contributed by atoms with E-state index >= 15 is 0 Å². The highest BCUT2D eigenvalue weighted by molar-refractivity contribution is 7.88. The Kier molecular flexibility index (Phi) is 5.36. The van der Waals surface area contributed by atoms with E-state index in [0.29, 0.717) is 10.1 Å². The maximum atomic E-state index is 13.3. The summed E-state index contributed by atoms with van der Waals surface area (Å²) in [6.45, 7) is 0.0688. The van der Waals surface area contributed by atoms with Crippen molar-refractivity contribution in [3.05, 3.63) is 52.0 Å². The van der Waals surface area contributed by atoms with Crippen molar-refractivity contribution >= 4 is 10.0 Å². The summed E-state index contributed by atoms with van der Waals surface area (Å²) in [5.74, 6) is -2.21. The van der Waals surface area contributed by atoms with E-state index in [9.17, 15) is 30.8 Å². The first-order valence-corrected chi connectivity index (χ1v) is 10.0. The summed E-state index contributed by atoms with van der Waals surface area (Å²) in [7, 11) is -2.73. The molecule has 12 heteroatoms. The number of sulfonamides is 1. The van der Waals surface area contributed by atoms with Crippen LogP contribution in [0.4, 0.5) is 17.6 Å². The highest BCUT2D eigenvalue weighted by Crippen LogP contribution is 2.28. The zero-order chi connectivity index (χ0) is 20.7. The monoisotopic (exact) mass is 422 g/mol. The Labute approximate surface area is 158 Å². The van der Waals surface area contributed by atoms with Crippen LogP contribution in [0.3, 0.4) is 0 Å². The van der Waals surface area contributed by atoms with Crippen LogP contribution in [-0.2, 0) is 29.0 Å². The minimum absolute atomic E-state index is 0.0344. The fourth-order valence-electron chi connectivity index (χ4n) is 3.23. The fourth-order valence-corrected chi connectivity index (χ4v) is 4.78. The third-order valence-corrected chi connectivity index (χ3v) is 6.51. The number of alkyl halides is 3. The van der Waals surface area contributed by atoms with Gasteiger partial charge < -0.3 is 0 Å². The lowest BCUT2D eigenvalue weighted by molar-refractivity contribution is -0.147. The van der Waals surface area contributed by atoms with Crippen LogP contribution in [-0.4, -0.2) is 40.2 Å². The number of rotatable bonds is 4. The summed E-state index contributed by atoms with van der Waals surface area (Å²) in [5.41, 5.74) is -0.591. The van der Waals surface area contributed by atoms with E-state index < -0.39 is 39.6 Å². The molecule has 0 atom stereocenters. The van der Waals surface area contributed by atoms with Crippen LogP contribution in [0.1, 0.15) is 30.3 Å². The molecule has 2 aromatic rings. The summed E-state index contributed by atoms with van der Waals surface area (Å²) < 4.78 is 79.5. The molecule has 1 aliphatic heterocycles. The lowest BCUT2D eigenvalue weighted by atomic mass is 10.1. The molecule has 0 unspecified atom stereocenters. The van der Waals surface area contributed by atoms with Crippen molar-refractivity contribution in [2.24, 2.45) is 7.05 Å². The van der Waals surface area contributed by atoms with Gasteiger partial charge in [0.15, 0.2) is 0 Å². The van der Waals surface area contributed by atoms with Crippen molar-refractivity contribution < 1.29 is 26.0 Å². The summed E-state index contributed by atoms with van der Waals surface area (Å²) in [6, 6.07) is 4.63. The lowest BCUT2D eigenvalue weighted by Crippen LogP contribution is -2.41. The van der Waals surface area contributed by atoms with Crippen molar-refractivity contribution in [3.8, 4) is 0 Å². The van der Waals surface area contributed by atoms with Gasteiger partial charge in [-0.05, 0) is 30.5 Å². The van der Waals surface area contributed by atoms with Crippen LogP contribution in [0.15, 0.2) is 29.1 Å². The Bertz CT molecular complexity index is 1020. The average Bonchev–Trinajstić information content (AvgIpc) is 2.90. The van der Waals surface area contributed by atoms with Crippen LogP contribution in [0, 0.1) is 5.82 Å². The SMILES string of the molecule is Cn1c(C(F)(F)F)nn(C2CCN(S(=O)(=O)Cc3cccc(F)c3)CC2)c1=O. The van der Waals surface area contributed by atoms with Gasteiger partial charge in [0.05, 0.1) is 11.8 Å². The molecule has 0 aliphatic carbocycles. The van der Waals surface area contributed by atoms with Gasteiger partial charge in [-0.25, -0.2) is 26.6 Å². The number of hydrogen-bond acceptors (Lipinski definition) is 4. The van der Waals surface area contributed by atoms with E-state index in [1.54, 1.807) is 0 Å². The fraction of sp³-hybridized carbons (Fsp3) is 0.500. The van der Waals surface area contributed by atoms with Crippen LogP contribution in [0.25, 0.3) is 0 Å². The molecule has 2 heterocycles. The third kappa shape index (κ3) is 4.12. The highest BCUT2D eigenvalue weighted by Gasteiger charge is 2.39. The summed E-state index contributed by atoms with van der Waals surface area (Å²) in [6.07, 6.45) is -4.46. The van der Waals surface area contributed by atoms with Crippen LogP contribution < -0.4 is 5.69 Å². The van der Waals surface area contributed by atoms with Crippen LogP contribution in [0.2, 0.25) is 0 Å². The largest absolute Gasteiger partial charge is 0.451 e. The first kappa shape index (κ1) is 20.5. The molecule has 28 heavy (non-hydrogen) atoms. The Morgan fingerprint density at radius 2 is 1.86 bits per heavy atom. The molecular formula is C16H18F4N4O3S. The second-order valence-electron chi connectivity index (χ2n) is 6.62. The Morgan fingerprint density at radius 3 is 2.39 bits per heavy atom. The van der Waals surface area contributed by atoms with Crippen molar-refractivity contribution in [2.75, 3.05) is 13.1 Å². The molecule has 0 amide bonds. The molecule has 1 aliphatic rings. The molecule has 1 saturated heterocycles. The molecular weight excluding hydrogens is 404 g/mol. The van der Waals surface area contributed by atoms with Crippen molar-refractivity contribution in [3.63, 3.8) is 0 Å². The van der Waals surface area contributed by atoms with E-state index in [4.69, 9.17) is 0 Å². The Balaban J connectivity index is 1.72. The Morgan fingerprint density at radius 1 is 1.21 bits per heavy atom. The normalized spacial score (nSPS) is 17.2. The lowest BCUT2D eigenvalue weighted by Gasteiger charge is -2.30. The van der Waals surface area contributed by atoms with Gasteiger partial charge in [-0.2, -0.15) is 13.2 Å². The van der Waals surface area contributed by atoms with E-state index in [0.717, 1.165) is 17.8 Å². The first-order chi connectivity index (χ1) is 13.0. The van der Waals surface area contributed by atoms with Gasteiger partial charge in [0.2, 0.25) is 15.8 Å². The molecule has 0 spiro atoms. The van der Waals surface area contributed by atoms with E-state index in [2.05, 4.69) is 5.10 Å². The summed E-state index contributed by atoms with van der Waals surface area (Å²) in [5, 5.41) is 3.40. The smallest absolute Gasteiger partial charge is 0.274 e. The second-order valence-corrected chi connectivity index (χ2v) is 8.59. The van der Waals surface area contributed by atoms with Crippen LogP contribution in [0.5, 0.6) is 0 Å². The third-order valence-electron chi connectivity index (χ3n) is 4.66. The standard InChI is InChI=1S/C16H18F4N4O3S/c1-22-14(16(18,19)20)21-24(15(22)25)13-5-7-23(8-6-13)28(26,27)10-11-3-2-4-12(17)9-11/h2-4,9,13H,5-8,10H2,1H3. The van der Waals surface area contributed by atoms with Gasteiger partial charge in [0.25, 0.3) is 0 Å². The van der Waals surface area contributed by atoms with Crippen molar-refractivity contribution in [1.29, 1.82) is 0 Å². The number of halogens is 4. The maximum Gasteiger partial charge on any atom is 0.451 e. The number of benzene rings is 1. The minimum Gasteiger partial charge on any atom is -0.274 e. The predicted octanol–water partition coefficient (Wildman–Crippen LogP) is 1.91. The van der Waals surface area contributed by atoms with Gasteiger partial charge in [-0.1, -0.05) is 12.1 Å². The van der Waals surface area contributed by atoms with Crippen molar-refractivity contribution in [1.82, 2.24) is 18.7 Å². The molecule has 1 fully saturated rings. The Hall–Kier alpha value is -2.21. The minimum atomic E-state index is -4.76. The predicted molar refractivity (Wildman–Crippen MR) is 91.3 cm³/mol. The molecule has 0 N–H and O–H groups in total. The van der Waals surface area contributed by atoms with E-state index in [1.165, 1.54) is 22.5 Å². The number of piperidine rings is 1. The van der Waals surface area contributed by atoms with Gasteiger partial charge in [-0.3, -0.25) is 4.57 Å². The quantitative estimate of drug-likeness (QED) is 0.706. The number of aromatic nitrogens is 3. The summed E-state index contributed by atoms with van der Waals surface area (Å²) >= 11 is 0. The first-order valence-electron chi connectivity index (χ1n) is 8.44. The van der Waals surface area contributed by atoms with E-state index in [-0.39, 0.29) is 31.7 Å². The van der Waals surface area contributed by atoms with E-state index in [1.807, 2.05) is 0 Å². The van der Waals surface area contributed by atoms with Gasteiger partial charge in [0, 0.05) is 20.1 Å². The maximum absolute atomic E-state index is 13.3. The molecule has 3 rings (SSSR count). The highest BCUT2D eigenvalue weighted by atomic mass is 32.2. The molecule has 0 saturated carbocycles. The topological polar surface area (TPSA) is 77.2 Å². The molecule has 1 aromatic carbocycles. The van der Waals surface area contributed by atoms with Crippen molar-refractivity contribution in [2.45, 2.75) is 30.8 Å². The molecule has 0 bridgehead atoms. The summed E-state index contributed by atoms with van der Waals surface area (Å²) in [4.78, 5) is 12.1. The van der Waals surface area contributed by atoms with Crippen LogP contribution >= 0.6 is 0 Å². The van der Waals surface area contributed by atoms with Gasteiger partial charge >= 0.3 is 11.9 Å². The zero-order valence-electron chi connectivity index (χ0n) is 14.9.